The molecule has 6 heteroatoms. The van der Waals surface area contributed by atoms with Crippen LogP contribution in [0.25, 0.3) is 5.32 Å². The summed E-state index contributed by atoms with van der Waals surface area (Å²) in [5.41, 5.74) is 0. The van der Waals surface area contributed by atoms with Gasteiger partial charge in [-0.25, -0.2) is 10.2 Å². The smallest absolute Gasteiger partial charge is 0.137 e. The molecule has 0 spiro atoms. The predicted octanol–water partition coefficient (Wildman–Crippen LogP) is 0.173. The van der Waals surface area contributed by atoms with E-state index in [9.17, 15) is 0 Å². The molecule has 5 nitrogen and oxygen atoms in total. The van der Waals surface area contributed by atoms with Crippen molar-refractivity contribution in [3.05, 3.63) is 18.0 Å². The summed E-state index contributed by atoms with van der Waals surface area (Å²) in [7, 11) is 0. The van der Waals surface area contributed by atoms with Crippen LogP contribution in [0, 0.1) is 11.3 Å². The van der Waals surface area contributed by atoms with E-state index in [2.05, 4.69) is 15.4 Å². The topological polar surface area (TPSA) is 68.6 Å². The number of hydrogen-bond acceptors (Lipinski definition) is 3. The SMILES string of the molecule is N#CC[N-]CCn1cncn1.[Y]. The molecule has 0 bridgehead atoms. The van der Waals surface area contributed by atoms with E-state index >= 15 is 0 Å². The molecule has 0 aromatic carbocycles. The normalized spacial score (nSPS) is 8.58. The van der Waals surface area contributed by atoms with Crippen molar-refractivity contribution in [1.29, 1.82) is 5.26 Å². The molecule has 0 N–H and O–H groups in total. The van der Waals surface area contributed by atoms with Crippen molar-refractivity contribution in [2.75, 3.05) is 13.1 Å². The summed E-state index contributed by atoms with van der Waals surface area (Å²) in [4.78, 5) is 3.77. The van der Waals surface area contributed by atoms with Crippen molar-refractivity contribution < 1.29 is 32.7 Å². The van der Waals surface area contributed by atoms with Crippen LogP contribution in [-0.4, -0.2) is 27.9 Å². The maximum absolute atomic E-state index is 8.14. The first kappa shape index (κ1) is 11.7. The number of nitriles is 1. The molecule has 0 atom stereocenters. The maximum atomic E-state index is 8.14. The van der Waals surface area contributed by atoms with Gasteiger partial charge in [0, 0.05) is 45.3 Å². The summed E-state index contributed by atoms with van der Waals surface area (Å²) in [6, 6.07) is 1.94. The van der Waals surface area contributed by atoms with Gasteiger partial charge in [-0.3, -0.25) is 4.68 Å². The Kier molecular flexibility index (Phi) is 7.16. The van der Waals surface area contributed by atoms with Gasteiger partial charge in [0.25, 0.3) is 0 Å². The summed E-state index contributed by atoms with van der Waals surface area (Å²) in [5, 5.41) is 15.9. The van der Waals surface area contributed by atoms with Crippen LogP contribution in [0.2, 0.25) is 0 Å². The van der Waals surface area contributed by atoms with E-state index in [-0.39, 0.29) is 39.3 Å². The molecule has 0 saturated heterocycles. The van der Waals surface area contributed by atoms with Gasteiger partial charge in [0.05, 0.1) is 0 Å². The van der Waals surface area contributed by atoms with Crippen LogP contribution in [0.1, 0.15) is 0 Å². The van der Waals surface area contributed by atoms with E-state index in [0.717, 1.165) is 0 Å². The number of hydrogen-bond donors (Lipinski definition) is 0. The third-order valence-corrected chi connectivity index (χ3v) is 1.14. The van der Waals surface area contributed by atoms with Gasteiger partial charge < -0.3 is 5.32 Å². The van der Waals surface area contributed by atoms with Gasteiger partial charge in [-0.2, -0.15) is 5.10 Å². The van der Waals surface area contributed by atoms with Crippen molar-refractivity contribution >= 4 is 0 Å². The molecule has 1 radical (unpaired) electrons. The van der Waals surface area contributed by atoms with E-state index in [1.54, 1.807) is 11.0 Å². The van der Waals surface area contributed by atoms with Crippen LogP contribution in [0.15, 0.2) is 12.7 Å². The molecule has 1 rings (SSSR count). The fourth-order valence-electron chi connectivity index (χ4n) is 0.650. The first-order valence-electron chi connectivity index (χ1n) is 3.26. The third-order valence-electron chi connectivity index (χ3n) is 1.14. The molecule has 1 heterocycles. The molecule has 0 amide bonds. The molecule has 0 aliphatic carbocycles. The van der Waals surface area contributed by atoms with E-state index in [4.69, 9.17) is 5.26 Å². The first-order valence-corrected chi connectivity index (χ1v) is 3.26. The fourth-order valence-corrected chi connectivity index (χ4v) is 0.650. The molecule has 0 saturated carbocycles. The zero-order chi connectivity index (χ0) is 7.94. The van der Waals surface area contributed by atoms with Crippen molar-refractivity contribution in [2.45, 2.75) is 6.54 Å². The van der Waals surface area contributed by atoms with Crippen molar-refractivity contribution in [2.24, 2.45) is 0 Å². The average Bonchev–Trinajstić information content (AvgIpc) is 2.50. The summed E-state index contributed by atoms with van der Waals surface area (Å²) in [6.45, 7) is 1.58. The minimum atomic E-state index is 0. The zero-order valence-electron chi connectivity index (χ0n) is 6.59. The Labute approximate surface area is 96.0 Å². The minimum absolute atomic E-state index is 0. The largest absolute Gasteiger partial charge is 0.649 e. The quantitative estimate of drug-likeness (QED) is 0.555. The first-order chi connectivity index (χ1) is 5.43. The number of aromatic nitrogens is 3. The Morgan fingerprint density at radius 1 is 1.58 bits per heavy atom. The van der Waals surface area contributed by atoms with Crippen LogP contribution < -0.4 is 0 Å². The Morgan fingerprint density at radius 3 is 3.00 bits per heavy atom. The Hall–Kier alpha value is -0.306. The van der Waals surface area contributed by atoms with Gasteiger partial charge in [-0.05, 0) is 0 Å². The maximum Gasteiger partial charge on any atom is 0.137 e. The van der Waals surface area contributed by atoms with Crippen LogP contribution >= 0.6 is 0 Å². The molecular formula is C6H8N5Y-. The Balaban J connectivity index is 0.00000121. The van der Waals surface area contributed by atoms with E-state index in [1.807, 2.05) is 6.07 Å². The average molecular weight is 239 g/mol. The van der Waals surface area contributed by atoms with Crippen LogP contribution in [0.3, 0.4) is 0 Å². The second-order valence-electron chi connectivity index (χ2n) is 1.92. The Morgan fingerprint density at radius 2 is 2.42 bits per heavy atom. The summed E-state index contributed by atoms with van der Waals surface area (Å²) >= 11 is 0. The predicted molar refractivity (Wildman–Crippen MR) is 38.7 cm³/mol. The molecule has 12 heavy (non-hydrogen) atoms. The summed E-state index contributed by atoms with van der Waals surface area (Å²) < 4.78 is 1.68. The van der Waals surface area contributed by atoms with E-state index < -0.39 is 0 Å². The fraction of sp³-hybridized carbons (Fsp3) is 0.500. The number of rotatable bonds is 4. The van der Waals surface area contributed by atoms with Gasteiger partial charge in [-0.15, -0.1) is 6.54 Å². The molecule has 1 aromatic heterocycles. The Bertz CT molecular complexity index is 227. The standard InChI is InChI=1S/C6H8N5.Y/c7-1-2-8-3-4-11-6-9-5-10-11;/h5-6H,2-4H2;/q-1;. The van der Waals surface area contributed by atoms with Gasteiger partial charge in [0.1, 0.15) is 12.7 Å². The van der Waals surface area contributed by atoms with E-state index in [1.165, 1.54) is 6.33 Å². The second-order valence-corrected chi connectivity index (χ2v) is 1.92. The molecule has 0 fully saturated rings. The molecule has 0 unspecified atom stereocenters. The van der Waals surface area contributed by atoms with E-state index in [0.29, 0.717) is 13.1 Å². The van der Waals surface area contributed by atoms with Gasteiger partial charge >= 0.3 is 0 Å². The monoisotopic (exact) mass is 239 g/mol. The van der Waals surface area contributed by atoms with Crippen LogP contribution in [0.5, 0.6) is 0 Å². The molecule has 0 aliphatic heterocycles. The molecular weight excluding hydrogens is 231 g/mol. The summed E-state index contributed by atoms with van der Waals surface area (Å²) in [6.07, 6.45) is 3.10. The summed E-state index contributed by atoms with van der Waals surface area (Å²) in [5.74, 6) is 0. The van der Waals surface area contributed by atoms with Crippen molar-refractivity contribution in [1.82, 2.24) is 14.8 Å². The second kappa shape index (κ2) is 7.35. The number of nitrogens with zero attached hydrogens (tertiary/aromatic N) is 5. The molecule has 1 aromatic rings. The van der Waals surface area contributed by atoms with Gasteiger partial charge in [0.15, 0.2) is 0 Å². The van der Waals surface area contributed by atoms with Gasteiger partial charge in [0.2, 0.25) is 0 Å². The van der Waals surface area contributed by atoms with Crippen LogP contribution in [-0.2, 0) is 39.3 Å². The van der Waals surface area contributed by atoms with Crippen molar-refractivity contribution in [3.8, 4) is 6.07 Å². The molecule has 0 aliphatic rings. The zero-order valence-corrected chi connectivity index (χ0v) is 9.43. The minimum Gasteiger partial charge on any atom is -0.649 e. The van der Waals surface area contributed by atoms with Crippen molar-refractivity contribution in [3.63, 3.8) is 0 Å². The van der Waals surface area contributed by atoms with Crippen LogP contribution in [0.4, 0.5) is 0 Å². The third kappa shape index (κ3) is 4.55. The molecule has 61 valence electrons. The van der Waals surface area contributed by atoms with Gasteiger partial charge in [-0.1, -0.05) is 6.54 Å².